The smallest absolute Gasteiger partial charge is 0.462 e. The molecule has 0 radical (unpaired) electrons. The summed E-state index contributed by atoms with van der Waals surface area (Å²) in [5, 5.41) is 0. The van der Waals surface area contributed by atoms with E-state index in [4.69, 9.17) is 18.9 Å². The quantitative estimate of drug-likeness (QED) is 0.226. The van der Waals surface area contributed by atoms with Gasteiger partial charge in [0, 0.05) is 5.92 Å². The Morgan fingerprint density at radius 2 is 1.32 bits per heavy atom. The number of esters is 2. The predicted molar refractivity (Wildman–Crippen MR) is 131 cm³/mol. The van der Waals surface area contributed by atoms with Crippen LogP contribution in [0.25, 0.3) is 0 Å². The van der Waals surface area contributed by atoms with E-state index in [1.807, 2.05) is 27.7 Å². The third kappa shape index (κ3) is 9.83. The van der Waals surface area contributed by atoms with Gasteiger partial charge in [-0.15, -0.1) is 0 Å². The first-order valence-electron chi connectivity index (χ1n) is 12.6. The van der Waals surface area contributed by atoms with Crippen LogP contribution in [0.15, 0.2) is 0 Å². The fraction of sp³-hybridized carbons (Fsp3) is 0.889. The molecule has 3 unspecified atom stereocenters. The lowest BCUT2D eigenvalue weighted by Crippen LogP contribution is -2.44. The van der Waals surface area contributed by atoms with Crippen LogP contribution >= 0.6 is 0 Å². The second-order valence-corrected chi connectivity index (χ2v) is 13.0. The van der Waals surface area contributed by atoms with E-state index in [2.05, 4.69) is 20.8 Å². The standard InChI is InChI=1S/C27H48O7/c1-24(2,3)18-27(10,25(4,5)6)22(29)32-16-15-31-21(28)20-14-12-11-13-19(20)17-33-23(30)34-26(7,8)9/h19-20H,11-18H2,1-10H3. The Bertz CT molecular complexity index is 693. The lowest BCUT2D eigenvalue weighted by Gasteiger charge is -2.43. The summed E-state index contributed by atoms with van der Waals surface area (Å²) in [6.07, 6.45) is 3.33. The molecule has 0 amide bonds. The molecule has 198 valence electrons. The van der Waals surface area contributed by atoms with Gasteiger partial charge in [0.15, 0.2) is 0 Å². The second-order valence-electron chi connectivity index (χ2n) is 13.0. The van der Waals surface area contributed by atoms with Crippen LogP contribution in [-0.2, 0) is 28.5 Å². The molecule has 3 atom stereocenters. The van der Waals surface area contributed by atoms with Crippen molar-refractivity contribution in [2.24, 2.45) is 28.1 Å². The number of ether oxygens (including phenoxy) is 4. The zero-order valence-corrected chi connectivity index (χ0v) is 23.2. The largest absolute Gasteiger partial charge is 0.508 e. The first kappa shape index (κ1) is 30.2. The highest BCUT2D eigenvalue weighted by atomic mass is 16.7. The van der Waals surface area contributed by atoms with Crippen molar-refractivity contribution in [3.63, 3.8) is 0 Å². The van der Waals surface area contributed by atoms with Gasteiger partial charge in [0.1, 0.15) is 18.8 Å². The Balaban J connectivity index is 2.59. The molecule has 0 spiro atoms. The summed E-state index contributed by atoms with van der Waals surface area (Å²) in [6, 6.07) is 0. The highest BCUT2D eigenvalue weighted by molar-refractivity contribution is 5.77. The summed E-state index contributed by atoms with van der Waals surface area (Å²) in [4.78, 5) is 37.6. The van der Waals surface area contributed by atoms with E-state index in [1.165, 1.54) is 0 Å². The number of carbonyl (C=O) groups excluding carboxylic acids is 3. The van der Waals surface area contributed by atoms with Crippen molar-refractivity contribution in [2.75, 3.05) is 19.8 Å². The molecule has 1 saturated carbocycles. The topological polar surface area (TPSA) is 88.1 Å². The maximum atomic E-state index is 13.0. The van der Waals surface area contributed by atoms with Crippen LogP contribution in [0.3, 0.4) is 0 Å². The van der Waals surface area contributed by atoms with E-state index in [0.717, 1.165) is 19.3 Å². The van der Waals surface area contributed by atoms with Gasteiger partial charge in [0.25, 0.3) is 0 Å². The van der Waals surface area contributed by atoms with Gasteiger partial charge in [0.2, 0.25) is 0 Å². The fourth-order valence-electron chi connectivity index (χ4n) is 4.42. The molecule has 1 aliphatic carbocycles. The Hall–Kier alpha value is -1.79. The molecule has 7 heteroatoms. The number of hydrogen-bond acceptors (Lipinski definition) is 7. The third-order valence-corrected chi connectivity index (χ3v) is 6.57. The molecule has 0 aromatic heterocycles. The predicted octanol–water partition coefficient (Wildman–Crippen LogP) is 6.32. The Morgan fingerprint density at radius 1 is 0.765 bits per heavy atom. The average Bonchev–Trinajstić information content (AvgIpc) is 2.66. The van der Waals surface area contributed by atoms with E-state index in [9.17, 15) is 14.4 Å². The molecule has 0 aromatic carbocycles. The molecule has 0 aromatic rings. The van der Waals surface area contributed by atoms with Gasteiger partial charge < -0.3 is 18.9 Å². The summed E-state index contributed by atoms with van der Waals surface area (Å²) in [7, 11) is 0. The minimum Gasteiger partial charge on any atom is -0.462 e. The van der Waals surface area contributed by atoms with Crippen molar-refractivity contribution in [3.05, 3.63) is 0 Å². The number of carbonyl (C=O) groups is 3. The first-order chi connectivity index (χ1) is 15.4. The summed E-state index contributed by atoms with van der Waals surface area (Å²) in [6.45, 7) is 19.9. The average molecular weight is 485 g/mol. The molecule has 0 bridgehead atoms. The molecule has 0 N–H and O–H groups in total. The van der Waals surface area contributed by atoms with Crippen molar-refractivity contribution in [2.45, 2.75) is 107 Å². The molecular weight excluding hydrogens is 436 g/mol. The normalized spacial score (nSPS) is 21.2. The van der Waals surface area contributed by atoms with E-state index < -0.39 is 17.2 Å². The van der Waals surface area contributed by atoms with E-state index in [1.54, 1.807) is 20.8 Å². The second kappa shape index (κ2) is 11.8. The molecule has 1 rings (SSSR count). The van der Waals surface area contributed by atoms with Crippen molar-refractivity contribution in [3.8, 4) is 0 Å². The zero-order chi connectivity index (χ0) is 26.4. The lowest BCUT2D eigenvalue weighted by atomic mass is 9.61. The van der Waals surface area contributed by atoms with Gasteiger partial charge in [-0.2, -0.15) is 0 Å². The van der Waals surface area contributed by atoms with Crippen LogP contribution in [0, 0.1) is 28.1 Å². The van der Waals surface area contributed by atoms with E-state index in [-0.39, 0.29) is 54.4 Å². The van der Waals surface area contributed by atoms with Crippen molar-refractivity contribution in [1.82, 2.24) is 0 Å². The maximum absolute atomic E-state index is 13.0. The maximum Gasteiger partial charge on any atom is 0.508 e. The minimum absolute atomic E-state index is 0.0104. The van der Waals surface area contributed by atoms with E-state index in [0.29, 0.717) is 12.8 Å². The molecule has 1 aliphatic rings. The Kier molecular flexibility index (Phi) is 10.5. The van der Waals surface area contributed by atoms with Gasteiger partial charge in [-0.1, -0.05) is 54.4 Å². The van der Waals surface area contributed by atoms with Crippen molar-refractivity contribution < 1.29 is 33.3 Å². The summed E-state index contributed by atoms with van der Waals surface area (Å²) < 4.78 is 21.5. The number of rotatable bonds is 8. The monoisotopic (exact) mass is 484 g/mol. The molecule has 0 aliphatic heterocycles. The fourth-order valence-corrected chi connectivity index (χ4v) is 4.42. The van der Waals surface area contributed by atoms with Crippen molar-refractivity contribution >= 4 is 18.1 Å². The highest BCUT2D eigenvalue weighted by Gasteiger charge is 2.47. The molecule has 34 heavy (non-hydrogen) atoms. The van der Waals surface area contributed by atoms with Gasteiger partial charge in [-0.25, -0.2) is 4.79 Å². The highest BCUT2D eigenvalue weighted by Crippen LogP contribution is 2.47. The van der Waals surface area contributed by atoms with Gasteiger partial charge in [-0.3, -0.25) is 9.59 Å². The SMILES string of the molecule is CC(C)(C)CC(C)(C(=O)OCCOC(=O)C1CCCCC1COC(=O)OC(C)(C)C)C(C)(C)C. The van der Waals surface area contributed by atoms with Crippen LogP contribution in [0.5, 0.6) is 0 Å². The molecule has 7 nitrogen and oxygen atoms in total. The van der Waals surface area contributed by atoms with Crippen LogP contribution in [-0.4, -0.2) is 43.5 Å². The van der Waals surface area contributed by atoms with Crippen LogP contribution in [0.4, 0.5) is 4.79 Å². The molecule has 0 heterocycles. The summed E-state index contributed by atoms with van der Waals surface area (Å²) in [5.41, 5.74) is -1.61. The van der Waals surface area contributed by atoms with Crippen LogP contribution in [0.1, 0.15) is 101 Å². The van der Waals surface area contributed by atoms with Crippen LogP contribution < -0.4 is 0 Å². The molecule has 0 saturated heterocycles. The summed E-state index contributed by atoms with van der Waals surface area (Å²) >= 11 is 0. The number of hydrogen-bond donors (Lipinski definition) is 0. The molecular formula is C27H48O7. The summed E-state index contributed by atoms with van der Waals surface area (Å²) in [5.74, 6) is -1.05. The van der Waals surface area contributed by atoms with Gasteiger partial charge >= 0.3 is 18.1 Å². The van der Waals surface area contributed by atoms with Gasteiger partial charge in [-0.05, 0) is 57.8 Å². The van der Waals surface area contributed by atoms with E-state index >= 15 is 0 Å². The Morgan fingerprint density at radius 3 is 1.85 bits per heavy atom. The van der Waals surface area contributed by atoms with Crippen molar-refractivity contribution in [1.29, 1.82) is 0 Å². The zero-order valence-electron chi connectivity index (χ0n) is 23.2. The van der Waals surface area contributed by atoms with Gasteiger partial charge in [0.05, 0.1) is 17.9 Å². The lowest BCUT2D eigenvalue weighted by molar-refractivity contribution is -0.169. The minimum atomic E-state index is -0.728. The van der Waals surface area contributed by atoms with Crippen LogP contribution in [0.2, 0.25) is 0 Å². The third-order valence-electron chi connectivity index (χ3n) is 6.57. The Labute approximate surface area is 206 Å². The molecule has 1 fully saturated rings. The first-order valence-corrected chi connectivity index (χ1v) is 12.6.